The molecule has 0 radical (unpaired) electrons. The monoisotopic (exact) mass is 198 g/mol. The third-order valence-electron chi connectivity index (χ3n) is 1.53. The molecule has 0 N–H and O–H groups in total. The van der Waals surface area contributed by atoms with Crippen molar-refractivity contribution in [3.05, 3.63) is 0 Å². The van der Waals surface area contributed by atoms with Crippen LogP contribution in [0.5, 0.6) is 0 Å². The van der Waals surface area contributed by atoms with Crippen LogP contribution in [0.3, 0.4) is 0 Å². The van der Waals surface area contributed by atoms with Gasteiger partial charge in [0.2, 0.25) is 7.42 Å². The molecule has 0 aliphatic heterocycles. The highest BCUT2D eigenvalue weighted by Crippen LogP contribution is 2.11. The third kappa shape index (κ3) is 8.80. The number of unbranched alkanes of at least 4 members (excludes halogenated alkanes) is 4. The van der Waals surface area contributed by atoms with Gasteiger partial charge in [-0.15, -0.1) is 0 Å². The van der Waals surface area contributed by atoms with Crippen LogP contribution in [-0.2, 0) is 0 Å². The molecular formula is C7H16Cl2Si. The summed E-state index contributed by atoms with van der Waals surface area (Å²) in [7, 11) is -1.28. The molecule has 0 nitrogen and oxygen atoms in total. The second-order valence-electron chi connectivity index (χ2n) is 2.59. The van der Waals surface area contributed by atoms with E-state index in [-0.39, 0.29) is 0 Å². The molecule has 0 amide bonds. The fraction of sp³-hybridized carbons (Fsp3) is 1.00. The molecule has 0 aromatic rings. The van der Waals surface area contributed by atoms with Gasteiger partial charge in [0.05, 0.1) is 0 Å². The molecule has 0 fully saturated rings. The largest absolute Gasteiger partial charge is 0.237 e. The Morgan fingerprint density at radius 3 is 2.10 bits per heavy atom. The average Bonchev–Trinajstić information content (AvgIpc) is 1.87. The summed E-state index contributed by atoms with van der Waals surface area (Å²) in [6, 6.07) is 1.09. The first-order valence-corrected chi connectivity index (χ1v) is 8.36. The number of hydrogen-bond acceptors (Lipinski definition) is 0. The van der Waals surface area contributed by atoms with Crippen molar-refractivity contribution in [1.29, 1.82) is 0 Å². The van der Waals surface area contributed by atoms with E-state index < -0.39 is 7.42 Å². The summed E-state index contributed by atoms with van der Waals surface area (Å²) >= 11 is 11.4. The number of hydrogen-bond donors (Lipinski definition) is 0. The van der Waals surface area contributed by atoms with Gasteiger partial charge in [-0.1, -0.05) is 39.0 Å². The molecule has 0 aromatic carbocycles. The van der Waals surface area contributed by atoms with E-state index in [0.29, 0.717) is 0 Å². The molecule has 0 heterocycles. The van der Waals surface area contributed by atoms with Gasteiger partial charge in [0.1, 0.15) is 0 Å². The molecule has 0 saturated heterocycles. The first-order valence-electron chi connectivity index (χ1n) is 4.05. The maximum Gasteiger partial charge on any atom is 0.237 e. The predicted octanol–water partition coefficient (Wildman–Crippen LogP) is 3.65. The van der Waals surface area contributed by atoms with Gasteiger partial charge in [-0.2, -0.15) is 22.2 Å². The van der Waals surface area contributed by atoms with E-state index in [2.05, 4.69) is 6.92 Å². The van der Waals surface area contributed by atoms with Crippen LogP contribution in [0, 0.1) is 0 Å². The Morgan fingerprint density at radius 1 is 1.00 bits per heavy atom. The second-order valence-corrected chi connectivity index (χ2v) is 7.78. The van der Waals surface area contributed by atoms with Crippen LogP contribution in [0.4, 0.5) is 0 Å². The smallest absolute Gasteiger partial charge is 0.150 e. The molecule has 0 atom stereocenters. The van der Waals surface area contributed by atoms with Gasteiger partial charge in [-0.3, -0.25) is 0 Å². The summed E-state index contributed by atoms with van der Waals surface area (Å²) in [5, 5.41) is 0. The van der Waals surface area contributed by atoms with Crippen LogP contribution in [0.2, 0.25) is 6.04 Å². The Balaban J connectivity index is 2.77. The van der Waals surface area contributed by atoms with Crippen LogP contribution in [0.25, 0.3) is 0 Å². The van der Waals surface area contributed by atoms with Crippen LogP contribution in [0.15, 0.2) is 0 Å². The fourth-order valence-electron chi connectivity index (χ4n) is 0.902. The summed E-state index contributed by atoms with van der Waals surface area (Å²) in [6.45, 7) is 2.22. The molecule has 0 aromatic heterocycles. The van der Waals surface area contributed by atoms with E-state index in [9.17, 15) is 0 Å². The lowest BCUT2D eigenvalue weighted by atomic mass is 10.2. The zero-order chi connectivity index (χ0) is 7.82. The van der Waals surface area contributed by atoms with Crippen LogP contribution in [-0.4, -0.2) is 7.42 Å². The maximum atomic E-state index is 5.69. The highest BCUT2D eigenvalue weighted by Gasteiger charge is 1.99. The van der Waals surface area contributed by atoms with Gasteiger partial charge in [0.25, 0.3) is 0 Å². The van der Waals surface area contributed by atoms with E-state index in [1.807, 2.05) is 0 Å². The summed E-state index contributed by atoms with van der Waals surface area (Å²) in [5.74, 6) is 0. The van der Waals surface area contributed by atoms with E-state index in [1.54, 1.807) is 0 Å². The SMILES string of the molecule is CCCCCCC[SiH](Cl)Cl. The van der Waals surface area contributed by atoms with Crippen molar-refractivity contribution in [2.75, 3.05) is 0 Å². The molecule has 0 aliphatic rings. The minimum absolute atomic E-state index is 1.09. The van der Waals surface area contributed by atoms with Crippen molar-refractivity contribution in [2.45, 2.75) is 45.1 Å². The van der Waals surface area contributed by atoms with Crippen molar-refractivity contribution in [2.24, 2.45) is 0 Å². The third-order valence-corrected chi connectivity index (χ3v) is 3.68. The molecular weight excluding hydrogens is 183 g/mol. The van der Waals surface area contributed by atoms with Gasteiger partial charge < -0.3 is 0 Å². The van der Waals surface area contributed by atoms with Crippen molar-refractivity contribution in [3.8, 4) is 0 Å². The van der Waals surface area contributed by atoms with Gasteiger partial charge in [0, 0.05) is 0 Å². The molecule has 3 heteroatoms. The highest BCUT2D eigenvalue weighted by atomic mass is 35.7. The van der Waals surface area contributed by atoms with Crippen molar-refractivity contribution in [3.63, 3.8) is 0 Å². The fourth-order valence-corrected chi connectivity index (χ4v) is 2.43. The topological polar surface area (TPSA) is 0 Å². The number of halogens is 2. The summed E-state index contributed by atoms with van der Waals surface area (Å²) in [6.07, 6.45) is 6.57. The van der Waals surface area contributed by atoms with Crippen LogP contribution < -0.4 is 0 Å². The van der Waals surface area contributed by atoms with E-state index in [1.165, 1.54) is 32.1 Å². The predicted molar refractivity (Wildman–Crippen MR) is 52.4 cm³/mol. The van der Waals surface area contributed by atoms with Gasteiger partial charge >= 0.3 is 0 Å². The van der Waals surface area contributed by atoms with Crippen LogP contribution >= 0.6 is 22.2 Å². The second kappa shape index (κ2) is 7.90. The van der Waals surface area contributed by atoms with Gasteiger partial charge in [-0.05, 0) is 6.04 Å². The first-order chi connectivity index (χ1) is 4.77. The van der Waals surface area contributed by atoms with E-state index >= 15 is 0 Å². The summed E-state index contributed by atoms with van der Waals surface area (Å²) in [4.78, 5) is 0. The van der Waals surface area contributed by atoms with E-state index in [4.69, 9.17) is 22.2 Å². The molecule has 62 valence electrons. The quantitative estimate of drug-likeness (QED) is 0.348. The molecule has 10 heavy (non-hydrogen) atoms. The first kappa shape index (κ1) is 10.8. The lowest BCUT2D eigenvalue weighted by molar-refractivity contribution is 0.655. The molecule has 0 bridgehead atoms. The Bertz CT molecular complexity index is 66.6. The Hall–Kier alpha value is 0.797. The molecule has 0 unspecified atom stereocenters. The Morgan fingerprint density at radius 2 is 1.60 bits per heavy atom. The lowest BCUT2D eigenvalue weighted by Crippen LogP contribution is -1.90. The normalized spacial score (nSPS) is 10.8. The minimum atomic E-state index is -1.28. The standard InChI is InChI=1S/C7H16Cl2Si/c1-2-3-4-5-6-7-10(8)9/h10H,2-7H2,1H3. The number of rotatable bonds is 6. The van der Waals surface area contributed by atoms with Crippen molar-refractivity contribution < 1.29 is 0 Å². The maximum absolute atomic E-state index is 5.69. The zero-order valence-corrected chi connectivity index (χ0v) is 9.24. The zero-order valence-electron chi connectivity index (χ0n) is 6.58. The molecule has 0 rings (SSSR count). The average molecular weight is 199 g/mol. The molecule has 0 saturated carbocycles. The van der Waals surface area contributed by atoms with Gasteiger partial charge in [-0.25, -0.2) is 0 Å². The highest BCUT2D eigenvalue weighted by molar-refractivity contribution is 7.33. The van der Waals surface area contributed by atoms with Gasteiger partial charge in [0.15, 0.2) is 0 Å². The van der Waals surface area contributed by atoms with E-state index in [0.717, 1.165) is 6.04 Å². The molecule has 0 spiro atoms. The molecule has 0 aliphatic carbocycles. The Kier molecular flexibility index (Phi) is 8.53. The summed E-state index contributed by atoms with van der Waals surface area (Å²) in [5.41, 5.74) is 0. The minimum Gasteiger partial charge on any atom is -0.150 e. The Labute approximate surface area is 74.9 Å². The van der Waals surface area contributed by atoms with Crippen molar-refractivity contribution >= 4 is 29.6 Å². The van der Waals surface area contributed by atoms with Crippen molar-refractivity contribution in [1.82, 2.24) is 0 Å². The lowest BCUT2D eigenvalue weighted by Gasteiger charge is -1.98. The summed E-state index contributed by atoms with van der Waals surface area (Å²) < 4.78 is 0. The van der Waals surface area contributed by atoms with Crippen LogP contribution in [0.1, 0.15) is 39.0 Å².